The fourth-order valence-electron chi connectivity index (χ4n) is 12.3. The minimum absolute atomic E-state index is 0. The quantitative estimate of drug-likeness (QED) is 0.0960. The van der Waals surface area contributed by atoms with Gasteiger partial charge in [0, 0.05) is 190 Å². The van der Waals surface area contributed by atoms with Gasteiger partial charge in [0.05, 0.1) is 17.1 Å². The monoisotopic (exact) mass is 2470 g/mol. The van der Waals surface area contributed by atoms with Gasteiger partial charge in [0.25, 0.3) is 0 Å². The number of benzene rings is 9. The first-order valence-electron chi connectivity index (χ1n) is 50.8. The molecule has 0 N–H and O–H groups in total. The van der Waals surface area contributed by atoms with Crippen LogP contribution in [0.25, 0.3) is 135 Å². The summed E-state index contributed by atoms with van der Waals surface area (Å²) in [7, 11) is 0. The van der Waals surface area contributed by atoms with Gasteiger partial charge in [-0.2, -0.15) is 0 Å². The topological polar surface area (TPSA) is 142 Å². The summed E-state index contributed by atoms with van der Waals surface area (Å²) in [6.45, 7) is -9.49. The molecule has 11 nitrogen and oxygen atoms in total. The third-order valence-corrected chi connectivity index (χ3v) is 19.0. The Morgan fingerprint density at radius 2 is 0.507 bits per heavy atom. The molecule has 9 aromatic carbocycles. The summed E-state index contributed by atoms with van der Waals surface area (Å²) in [6.07, 6.45) is 12.7. The summed E-state index contributed by atoms with van der Waals surface area (Å²) in [6, 6.07) is 141. The first kappa shape index (κ1) is 78.8. The summed E-state index contributed by atoms with van der Waals surface area (Å²) in [5, 5.41) is 0. The molecule has 11 aromatic heterocycles. The number of rotatable bonds is 14. The second-order valence-electron chi connectivity index (χ2n) is 28.4. The zero-order chi connectivity index (χ0) is 106. The molecule has 20 rings (SSSR count). The Labute approximate surface area is 870 Å². The van der Waals surface area contributed by atoms with Crippen LogP contribution < -0.4 is 0 Å². The standard InChI is InChI=1S/C19H17N2.C18H15N2.C17H13N2.C17H12N.4C12H10N.4Ir/c1-14(2)17-9-6-10-19(21-17)16-11-12-18(20-13-16)15-7-4-3-5-8-15;1-2-16-9-6-10-18(20-16)15-11-12-17(19-13-15)14-7-4-3-5-8-14;1-13-6-5-9-17(19-13)15-10-11-16(18-12-15)14-7-3-2-4-8-14;1-3-7-14(8-4-1)16-11-12-17(18-13-16)15-9-5-2-6-10-15;4*1-10-7-8-12(13-9-10)11-5-3-2-4-6-11;;;;/h3-7,9-14H,1-2H3;3-7,9-13H,2H2,1H3;2-7,9-12H,1H3;1-9,11-13H;4*2-5,7-9H,1H3;;;;/q8*-1;;;;/i1D3,14D;1D3;;;4*1D3;;;;. The average Bonchev–Trinajstić information content (AvgIpc) is 0.782. The molecule has 0 aliphatic carbocycles. The van der Waals surface area contributed by atoms with Gasteiger partial charge in [0.2, 0.25) is 0 Å². The first-order valence-corrected chi connectivity index (χ1v) is 41.3. The molecule has 672 valence electrons. The van der Waals surface area contributed by atoms with Crippen molar-refractivity contribution in [1.82, 2.24) is 54.8 Å². The van der Waals surface area contributed by atoms with E-state index >= 15 is 0 Å². The van der Waals surface area contributed by atoms with Crippen LogP contribution in [0.4, 0.5) is 0 Å². The molecule has 0 saturated carbocycles. The predicted molar refractivity (Wildman–Crippen MR) is 530 cm³/mol. The largest absolute Gasteiger partial charge is 0.304 e. The molecule has 0 fully saturated rings. The van der Waals surface area contributed by atoms with Crippen LogP contribution in [0.1, 0.15) is 91.9 Å². The van der Waals surface area contributed by atoms with Crippen molar-refractivity contribution in [2.45, 2.75) is 67.3 Å². The van der Waals surface area contributed by atoms with Gasteiger partial charge >= 0.3 is 0 Å². The smallest absolute Gasteiger partial charge is 0.0720 e. The average molecular weight is 2470 g/mol. The summed E-state index contributed by atoms with van der Waals surface area (Å²) in [4.78, 5) is 47.7. The number of aromatic nitrogens is 11. The number of nitrogens with zero attached hydrogens (tertiary/aromatic N) is 11. The van der Waals surface area contributed by atoms with Crippen LogP contribution in [-0.4, -0.2) is 54.8 Å². The summed E-state index contributed by atoms with van der Waals surface area (Å²) >= 11 is 0. The molecular formula is C119H97Ir4N11-8. The Morgan fingerprint density at radius 3 is 0.761 bits per heavy atom. The minimum atomic E-state index is -2.45. The van der Waals surface area contributed by atoms with Gasteiger partial charge in [0.1, 0.15) is 0 Å². The van der Waals surface area contributed by atoms with Crippen molar-refractivity contribution < 1.29 is 106 Å². The van der Waals surface area contributed by atoms with Crippen molar-refractivity contribution in [3.63, 3.8) is 0 Å². The SMILES string of the molecule is Cc1cccc(-c2ccc(-c3[c-]cccc3)nc2)n1.[2H]C([2H])([2H])C([2H])(C)c1cccc(-c2ccc(-c3[c-]cccc3)nc2)n1.[2H]C([2H])([2H])Cc1cccc(-c2ccc(-c3[c-]cccc3)nc2)n1.[2H]C([2H])([2H])c1ccc(-c2[c-]cccc2)nc1.[2H]C([2H])([2H])c1ccc(-c2[c-]cccc2)nc1.[2H]C([2H])([2H])c1ccc(-c2[c-]cccc2)nc1.[2H]C([2H])([2H])c1ccc(-c2[c-]cccc2)nc1.[Ir].[Ir].[Ir].[Ir].[c-]1ccccc1-c1ccc(-c2ccccc2)cn1. The first-order chi connectivity index (χ1) is 71.3. The fraction of sp³-hybridized carbons (Fsp3) is 0.0840. The van der Waals surface area contributed by atoms with E-state index in [0.717, 1.165) is 129 Å². The third-order valence-electron chi connectivity index (χ3n) is 19.0. The van der Waals surface area contributed by atoms with Crippen LogP contribution in [0, 0.1) is 82.9 Å². The molecule has 20 aromatic rings. The number of aryl methyl sites for hydroxylation is 6. The Morgan fingerprint density at radius 1 is 0.239 bits per heavy atom. The van der Waals surface area contributed by atoms with Crippen LogP contribution in [0.3, 0.4) is 0 Å². The van der Waals surface area contributed by atoms with Crippen molar-refractivity contribution >= 4 is 0 Å². The molecule has 0 saturated heterocycles. The maximum absolute atomic E-state index is 8.18. The molecule has 15 heteroatoms. The molecule has 0 aliphatic heterocycles. The van der Waals surface area contributed by atoms with Gasteiger partial charge in [-0.15, -0.1) is 287 Å². The normalized spacial score (nSPS) is 13.0. The molecule has 11 heterocycles. The zero-order valence-corrected chi connectivity index (χ0v) is 82.0. The van der Waals surface area contributed by atoms with Crippen molar-refractivity contribution in [2.75, 3.05) is 0 Å². The van der Waals surface area contributed by atoms with Crippen LogP contribution in [0.2, 0.25) is 0 Å². The number of pyridine rings is 11. The van der Waals surface area contributed by atoms with E-state index < -0.39 is 47.0 Å². The van der Waals surface area contributed by atoms with Gasteiger partial charge < -0.3 is 39.9 Å². The summed E-state index contributed by atoms with van der Waals surface area (Å²) in [5.41, 5.74) is 23.8. The van der Waals surface area contributed by atoms with E-state index in [2.05, 4.69) is 122 Å². The van der Waals surface area contributed by atoms with Crippen LogP contribution in [0.15, 0.2) is 426 Å². The summed E-state index contributed by atoms with van der Waals surface area (Å²) in [5.74, 6) is -1.77. The molecule has 4 radical (unpaired) electrons. The van der Waals surface area contributed by atoms with Crippen LogP contribution in [-0.2, 0) is 86.8 Å². The Kier molecular flexibility index (Phi) is 33.1. The second-order valence-corrected chi connectivity index (χ2v) is 28.4. The predicted octanol–water partition coefficient (Wildman–Crippen LogP) is 28.5. The molecular weight excluding hydrogens is 2350 g/mol. The van der Waals surface area contributed by atoms with Gasteiger partial charge in [-0.3, -0.25) is 15.0 Å². The van der Waals surface area contributed by atoms with E-state index in [4.69, 9.17) is 26.0 Å². The van der Waals surface area contributed by atoms with E-state index in [1.54, 1.807) is 109 Å². The number of hydrogen-bond donors (Lipinski definition) is 0. The van der Waals surface area contributed by atoms with Crippen molar-refractivity contribution in [2.24, 2.45) is 0 Å². The van der Waals surface area contributed by atoms with E-state index in [9.17, 15) is 0 Å². The molecule has 1 atom stereocenters. The fourth-order valence-corrected chi connectivity index (χ4v) is 12.3. The van der Waals surface area contributed by atoms with Gasteiger partial charge in [-0.1, -0.05) is 166 Å². The van der Waals surface area contributed by atoms with E-state index in [0.29, 0.717) is 11.4 Å². The molecule has 0 bridgehead atoms. The van der Waals surface area contributed by atoms with E-state index in [-0.39, 0.29) is 115 Å². The van der Waals surface area contributed by atoms with Crippen LogP contribution in [0.5, 0.6) is 0 Å². The minimum Gasteiger partial charge on any atom is -0.304 e. The third kappa shape index (κ3) is 32.9. The van der Waals surface area contributed by atoms with E-state index in [1.807, 2.05) is 280 Å². The van der Waals surface area contributed by atoms with Gasteiger partial charge in [0.15, 0.2) is 0 Å². The zero-order valence-electron chi connectivity index (χ0n) is 91.4. The van der Waals surface area contributed by atoms with Crippen molar-refractivity contribution in [3.05, 3.63) is 514 Å². The maximum Gasteiger partial charge on any atom is 0.0720 e. The Hall–Kier alpha value is -13.8. The molecule has 0 amide bonds. The second kappa shape index (κ2) is 56.2. The maximum atomic E-state index is 8.18. The van der Waals surface area contributed by atoms with Crippen LogP contribution >= 0.6 is 0 Å². The Balaban J connectivity index is 0.000000194. The van der Waals surface area contributed by atoms with Crippen molar-refractivity contribution in [1.29, 1.82) is 0 Å². The van der Waals surface area contributed by atoms with E-state index in [1.165, 1.54) is 37.3 Å². The number of hydrogen-bond acceptors (Lipinski definition) is 11. The molecule has 134 heavy (non-hydrogen) atoms. The summed E-state index contributed by atoms with van der Waals surface area (Å²) < 4.78 is 140. The molecule has 0 spiro atoms. The molecule has 0 aliphatic rings. The Bertz CT molecular complexity index is 7050. The van der Waals surface area contributed by atoms with Gasteiger partial charge in [-0.25, -0.2) is 0 Å². The van der Waals surface area contributed by atoms with Gasteiger partial charge in [-0.05, 0) is 162 Å². The molecule has 1 unspecified atom stereocenters. The van der Waals surface area contributed by atoms with Crippen molar-refractivity contribution in [3.8, 4) is 135 Å².